The van der Waals surface area contributed by atoms with Crippen LogP contribution in [0.25, 0.3) is 5.57 Å². The molecule has 7 nitrogen and oxygen atoms in total. The Morgan fingerprint density at radius 2 is 2.03 bits per heavy atom. The van der Waals surface area contributed by atoms with Gasteiger partial charge in [0.2, 0.25) is 5.91 Å². The van der Waals surface area contributed by atoms with E-state index in [1.54, 1.807) is 39.0 Å². The average molecular weight is 489 g/mol. The van der Waals surface area contributed by atoms with E-state index in [1.165, 1.54) is 17.0 Å². The lowest BCUT2D eigenvalue weighted by Crippen LogP contribution is -2.42. The largest absolute Gasteiger partial charge is 0.487 e. The number of β-amino-alcohol motifs (C(OH)–C–C–N with tert-alkyl or cyclic N) is 1. The molecule has 0 aliphatic carbocycles. The Balaban J connectivity index is 1.55. The first-order valence-corrected chi connectivity index (χ1v) is 11.1. The number of carbonyl (C=O) groups excluding carboxylic acids is 2. The van der Waals surface area contributed by atoms with Crippen molar-refractivity contribution < 1.29 is 32.6 Å². The second-order valence-corrected chi connectivity index (χ2v) is 9.44. The monoisotopic (exact) mass is 489 g/mol. The summed E-state index contributed by atoms with van der Waals surface area (Å²) in [5.41, 5.74) is 1.22. The van der Waals surface area contributed by atoms with Crippen molar-refractivity contribution in [3.63, 3.8) is 0 Å². The SMILES string of the molecule is C[C@@H](O)CN1Cc2ccc(NC(=O)C=C3CC(C)(C)Oc4cc(C(F)(F)F)ccc43)cc2NC1=O. The van der Waals surface area contributed by atoms with Gasteiger partial charge in [0.1, 0.15) is 11.4 Å². The molecule has 0 unspecified atom stereocenters. The van der Waals surface area contributed by atoms with Crippen molar-refractivity contribution in [3.8, 4) is 5.75 Å². The third-order valence-electron chi connectivity index (χ3n) is 5.71. The third kappa shape index (κ3) is 5.59. The van der Waals surface area contributed by atoms with Crippen LogP contribution < -0.4 is 15.4 Å². The number of aliphatic hydroxyl groups is 1. The number of urea groups is 1. The fourth-order valence-electron chi connectivity index (χ4n) is 4.25. The van der Waals surface area contributed by atoms with Gasteiger partial charge in [-0.05, 0) is 56.2 Å². The smallest absolute Gasteiger partial charge is 0.416 e. The summed E-state index contributed by atoms with van der Waals surface area (Å²) >= 11 is 0. The number of fused-ring (bicyclic) bond motifs is 2. The lowest BCUT2D eigenvalue weighted by Gasteiger charge is -2.34. The molecule has 2 aliphatic heterocycles. The van der Waals surface area contributed by atoms with E-state index in [0.717, 1.165) is 17.7 Å². The number of halogens is 3. The maximum atomic E-state index is 13.1. The number of nitrogens with one attached hydrogen (secondary N) is 2. The molecule has 0 fully saturated rings. The van der Waals surface area contributed by atoms with Crippen molar-refractivity contribution in [3.05, 3.63) is 59.2 Å². The molecule has 0 radical (unpaired) electrons. The van der Waals surface area contributed by atoms with Crippen LogP contribution in [0.4, 0.5) is 29.3 Å². The van der Waals surface area contributed by atoms with Crippen molar-refractivity contribution in [1.82, 2.24) is 4.90 Å². The Hall–Kier alpha value is -3.53. The number of amides is 3. The van der Waals surface area contributed by atoms with Gasteiger partial charge in [-0.25, -0.2) is 4.79 Å². The van der Waals surface area contributed by atoms with E-state index in [9.17, 15) is 27.9 Å². The maximum Gasteiger partial charge on any atom is 0.416 e. The van der Waals surface area contributed by atoms with E-state index >= 15 is 0 Å². The number of alkyl halides is 3. The quantitative estimate of drug-likeness (QED) is 0.527. The highest BCUT2D eigenvalue weighted by Crippen LogP contribution is 2.43. The van der Waals surface area contributed by atoms with E-state index in [4.69, 9.17) is 4.74 Å². The van der Waals surface area contributed by atoms with E-state index in [2.05, 4.69) is 10.6 Å². The van der Waals surface area contributed by atoms with Gasteiger partial charge in [0, 0.05) is 42.5 Å². The van der Waals surface area contributed by atoms with Crippen molar-refractivity contribution in [2.75, 3.05) is 17.2 Å². The molecule has 186 valence electrons. The second-order valence-electron chi connectivity index (χ2n) is 9.44. The minimum absolute atomic E-state index is 0.0772. The molecular weight excluding hydrogens is 463 g/mol. The maximum absolute atomic E-state index is 13.1. The zero-order chi connectivity index (χ0) is 25.5. The number of hydrogen-bond donors (Lipinski definition) is 3. The molecule has 3 N–H and O–H groups in total. The lowest BCUT2D eigenvalue weighted by atomic mass is 9.88. The van der Waals surface area contributed by atoms with Gasteiger partial charge in [-0.1, -0.05) is 12.1 Å². The molecule has 2 aliphatic rings. The number of aliphatic hydroxyl groups excluding tert-OH is 1. The highest BCUT2D eigenvalue weighted by Gasteiger charge is 2.35. The summed E-state index contributed by atoms with van der Waals surface area (Å²) in [7, 11) is 0. The predicted molar refractivity (Wildman–Crippen MR) is 125 cm³/mol. The number of carbonyl (C=O) groups is 2. The normalized spacial score (nSPS) is 18.8. The van der Waals surface area contributed by atoms with Crippen molar-refractivity contribution in [2.24, 2.45) is 0 Å². The summed E-state index contributed by atoms with van der Waals surface area (Å²) in [6.45, 7) is 5.62. The fraction of sp³-hybridized carbons (Fsp3) is 0.360. The van der Waals surface area contributed by atoms with Gasteiger partial charge in [0.05, 0.1) is 11.7 Å². The van der Waals surface area contributed by atoms with E-state index < -0.39 is 29.4 Å². The predicted octanol–water partition coefficient (Wildman–Crippen LogP) is 5.02. The zero-order valence-corrected chi connectivity index (χ0v) is 19.5. The van der Waals surface area contributed by atoms with Gasteiger partial charge >= 0.3 is 12.2 Å². The first-order chi connectivity index (χ1) is 16.3. The van der Waals surface area contributed by atoms with Crippen LogP contribution in [0.2, 0.25) is 0 Å². The summed E-state index contributed by atoms with van der Waals surface area (Å²) in [6, 6.07) is 8.01. The first-order valence-electron chi connectivity index (χ1n) is 11.1. The lowest BCUT2D eigenvalue weighted by molar-refractivity contribution is -0.137. The molecule has 35 heavy (non-hydrogen) atoms. The molecule has 10 heteroatoms. The van der Waals surface area contributed by atoms with E-state index in [-0.39, 0.29) is 18.3 Å². The van der Waals surface area contributed by atoms with Crippen molar-refractivity contribution >= 4 is 28.9 Å². The van der Waals surface area contributed by atoms with Crippen LogP contribution >= 0.6 is 0 Å². The molecule has 0 bridgehead atoms. The second kappa shape index (κ2) is 8.92. The van der Waals surface area contributed by atoms with Gasteiger partial charge in [0.25, 0.3) is 0 Å². The highest BCUT2D eigenvalue weighted by atomic mass is 19.4. The number of ether oxygens (including phenoxy) is 1. The summed E-state index contributed by atoms with van der Waals surface area (Å²) in [5.74, 6) is -0.380. The minimum Gasteiger partial charge on any atom is -0.487 e. The molecule has 3 amide bonds. The van der Waals surface area contributed by atoms with Gasteiger partial charge in [-0.2, -0.15) is 13.2 Å². The number of rotatable bonds is 4. The van der Waals surface area contributed by atoms with E-state index in [1.807, 2.05) is 0 Å². The Morgan fingerprint density at radius 1 is 1.29 bits per heavy atom. The van der Waals surface area contributed by atoms with Crippen LogP contribution in [-0.4, -0.2) is 40.2 Å². The molecule has 0 aromatic heterocycles. The van der Waals surface area contributed by atoms with E-state index in [0.29, 0.717) is 35.5 Å². The Morgan fingerprint density at radius 3 is 2.71 bits per heavy atom. The Bertz CT molecular complexity index is 1200. The average Bonchev–Trinajstić information content (AvgIpc) is 2.72. The number of anilines is 2. The topological polar surface area (TPSA) is 90.9 Å². The van der Waals surface area contributed by atoms with Crippen LogP contribution in [0, 0.1) is 0 Å². The van der Waals surface area contributed by atoms with Crippen molar-refractivity contribution in [2.45, 2.75) is 51.6 Å². The standard InChI is InChI=1S/C25H26F3N3O4/c1-14(32)12-31-13-15-4-6-18(10-20(15)30-23(31)34)29-22(33)8-16-11-24(2,3)35-21-9-17(25(26,27)28)5-7-19(16)21/h4-10,14,32H,11-13H2,1-3H3,(H,29,33)(H,30,34)/t14-/m1/s1. The summed E-state index contributed by atoms with van der Waals surface area (Å²) in [6.07, 6.45) is -3.47. The van der Waals surface area contributed by atoms with Gasteiger partial charge in [-0.15, -0.1) is 0 Å². The van der Waals surface area contributed by atoms with Crippen LogP contribution in [0.5, 0.6) is 5.75 Å². The van der Waals surface area contributed by atoms with Crippen LogP contribution in [0.15, 0.2) is 42.5 Å². The Labute approximate surface area is 200 Å². The summed E-state index contributed by atoms with van der Waals surface area (Å²) in [4.78, 5) is 26.6. The van der Waals surface area contributed by atoms with Crippen molar-refractivity contribution in [1.29, 1.82) is 0 Å². The van der Waals surface area contributed by atoms with Gasteiger partial charge < -0.3 is 25.4 Å². The highest BCUT2D eigenvalue weighted by molar-refractivity contribution is 6.05. The summed E-state index contributed by atoms with van der Waals surface area (Å²) in [5, 5.41) is 15.1. The summed E-state index contributed by atoms with van der Waals surface area (Å²) < 4.78 is 45.2. The molecule has 0 saturated carbocycles. The third-order valence-corrected chi connectivity index (χ3v) is 5.71. The first kappa shape index (κ1) is 24.6. The Kier molecular flexibility index (Phi) is 6.27. The minimum atomic E-state index is -4.50. The molecule has 2 aromatic rings. The molecule has 1 atom stereocenters. The van der Waals surface area contributed by atoms with Crippen LogP contribution in [-0.2, 0) is 17.5 Å². The fourth-order valence-corrected chi connectivity index (χ4v) is 4.25. The molecule has 2 heterocycles. The van der Waals surface area contributed by atoms with Gasteiger partial charge in [-0.3, -0.25) is 4.79 Å². The number of benzene rings is 2. The molecule has 0 saturated heterocycles. The number of hydrogen-bond acceptors (Lipinski definition) is 4. The molecule has 4 rings (SSSR count). The number of nitrogens with zero attached hydrogens (tertiary/aromatic N) is 1. The van der Waals surface area contributed by atoms with Crippen LogP contribution in [0.3, 0.4) is 0 Å². The zero-order valence-electron chi connectivity index (χ0n) is 19.5. The molecule has 0 spiro atoms. The molecular formula is C25H26F3N3O4. The van der Waals surface area contributed by atoms with Crippen LogP contribution in [0.1, 0.15) is 43.9 Å². The molecule has 2 aromatic carbocycles. The van der Waals surface area contributed by atoms with Gasteiger partial charge in [0.15, 0.2) is 0 Å².